The number of allylic oxidation sites excluding steroid dienone is 1. The minimum Gasteiger partial charge on any atom is -0.438 e. The van der Waals surface area contributed by atoms with E-state index in [0.29, 0.717) is 6.42 Å². The summed E-state index contributed by atoms with van der Waals surface area (Å²) in [6.45, 7) is 0. The van der Waals surface area contributed by atoms with Gasteiger partial charge in [0.15, 0.2) is 0 Å². The van der Waals surface area contributed by atoms with Crippen molar-refractivity contribution in [1.82, 2.24) is 5.32 Å². The maximum atomic E-state index is 11.5. The highest BCUT2D eigenvalue weighted by Crippen LogP contribution is 2.24. The highest BCUT2D eigenvalue weighted by molar-refractivity contribution is 5.75. The largest absolute Gasteiger partial charge is 0.508 e. The van der Waals surface area contributed by atoms with Crippen LogP contribution in [0.2, 0.25) is 0 Å². The second kappa shape index (κ2) is 7.74. The predicted molar refractivity (Wildman–Crippen MR) is 67.1 cm³/mol. The van der Waals surface area contributed by atoms with E-state index in [4.69, 9.17) is 4.74 Å². The summed E-state index contributed by atoms with van der Waals surface area (Å²) in [6.07, 6.45) is 7.14. The fourth-order valence-electron chi connectivity index (χ4n) is 2.07. The molecule has 1 rings (SSSR count). The molecule has 5 nitrogen and oxygen atoms in total. The molecule has 0 saturated carbocycles. The topological polar surface area (TPSA) is 64.6 Å². The molecule has 0 radical (unpaired) electrons. The summed E-state index contributed by atoms with van der Waals surface area (Å²) in [6, 6.07) is 0. The van der Waals surface area contributed by atoms with E-state index >= 15 is 0 Å². The van der Waals surface area contributed by atoms with Gasteiger partial charge >= 0.3 is 6.16 Å². The van der Waals surface area contributed by atoms with Crippen LogP contribution in [0.1, 0.15) is 32.1 Å². The summed E-state index contributed by atoms with van der Waals surface area (Å²) in [4.78, 5) is 22.7. The third-order valence-electron chi connectivity index (χ3n) is 3.11. The Bertz CT molecular complexity index is 314. The first kappa shape index (κ1) is 14.5. The Kier molecular flexibility index (Phi) is 6.25. The maximum absolute atomic E-state index is 11.5. The summed E-state index contributed by atoms with van der Waals surface area (Å²) in [5, 5.41) is 2.60. The van der Waals surface area contributed by atoms with E-state index in [0.717, 1.165) is 25.7 Å². The van der Waals surface area contributed by atoms with Crippen molar-refractivity contribution in [2.24, 2.45) is 5.92 Å². The molecular weight excluding hydrogens is 234 g/mol. The summed E-state index contributed by atoms with van der Waals surface area (Å²) in [7, 11) is 2.89. The molecule has 5 heteroatoms. The molecule has 0 heterocycles. The lowest BCUT2D eigenvalue weighted by atomic mass is 9.89. The molecule has 0 spiro atoms. The van der Waals surface area contributed by atoms with Crippen LogP contribution in [0.3, 0.4) is 0 Å². The SMILES string of the molecule is CNC(=O)CC1CCCC/C=C/C1OC(=O)OC. The Morgan fingerprint density at radius 2 is 2.17 bits per heavy atom. The molecule has 0 aromatic rings. The number of carbonyl (C=O) groups excluding carboxylic acids is 2. The van der Waals surface area contributed by atoms with E-state index in [1.165, 1.54) is 7.11 Å². The van der Waals surface area contributed by atoms with Crippen molar-refractivity contribution in [1.29, 1.82) is 0 Å². The molecule has 1 N–H and O–H groups in total. The van der Waals surface area contributed by atoms with Crippen LogP contribution in [0.5, 0.6) is 0 Å². The lowest BCUT2D eigenvalue weighted by Gasteiger charge is -2.25. The monoisotopic (exact) mass is 255 g/mol. The Balaban J connectivity index is 2.70. The molecular formula is C13H21NO4. The molecule has 18 heavy (non-hydrogen) atoms. The zero-order valence-corrected chi connectivity index (χ0v) is 11.0. The van der Waals surface area contributed by atoms with Crippen LogP contribution in [0, 0.1) is 5.92 Å². The summed E-state index contributed by atoms with van der Waals surface area (Å²) < 4.78 is 9.72. The lowest BCUT2D eigenvalue weighted by molar-refractivity contribution is -0.122. The van der Waals surface area contributed by atoms with Crippen molar-refractivity contribution < 1.29 is 19.1 Å². The number of amides is 1. The van der Waals surface area contributed by atoms with Gasteiger partial charge < -0.3 is 14.8 Å². The third-order valence-corrected chi connectivity index (χ3v) is 3.11. The Morgan fingerprint density at radius 1 is 1.39 bits per heavy atom. The number of hydrogen-bond donors (Lipinski definition) is 1. The quantitative estimate of drug-likeness (QED) is 0.619. The zero-order chi connectivity index (χ0) is 13.4. The van der Waals surface area contributed by atoms with E-state index in [1.807, 2.05) is 12.2 Å². The van der Waals surface area contributed by atoms with Crippen molar-refractivity contribution in [3.8, 4) is 0 Å². The van der Waals surface area contributed by atoms with E-state index in [2.05, 4.69) is 10.1 Å². The van der Waals surface area contributed by atoms with Gasteiger partial charge in [-0.2, -0.15) is 0 Å². The van der Waals surface area contributed by atoms with Crippen LogP contribution < -0.4 is 5.32 Å². The summed E-state index contributed by atoms with van der Waals surface area (Å²) in [5.41, 5.74) is 0. The fourth-order valence-corrected chi connectivity index (χ4v) is 2.07. The smallest absolute Gasteiger partial charge is 0.438 e. The zero-order valence-electron chi connectivity index (χ0n) is 11.0. The molecule has 0 bridgehead atoms. The van der Waals surface area contributed by atoms with Crippen molar-refractivity contribution >= 4 is 12.1 Å². The van der Waals surface area contributed by atoms with Crippen LogP contribution in [0.4, 0.5) is 4.79 Å². The van der Waals surface area contributed by atoms with Crippen molar-refractivity contribution in [2.75, 3.05) is 14.2 Å². The van der Waals surface area contributed by atoms with Crippen molar-refractivity contribution in [3.63, 3.8) is 0 Å². The van der Waals surface area contributed by atoms with Gasteiger partial charge in [-0.05, 0) is 25.3 Å². The normalized spacial score (nSPS) is 25.4. The molecule has 2 atom stereocenters. The highest BCUT2D eigenvalue weighted by atomic mass is 16.7. The minimum atomic E-state index is -0.702. The Morgan fingerprint density at radius 3 is 2.83 bits per heavy atom. The van der Waals surface area contributed by atoms with E-state index < -0.39 is 6.16 Å². The average molecular weight is 255 g/mol. The van der Waals surface area contributed by atoms with Gasteiger partial charge in [0.25, 0.3) is 0 Å². The van der Waals surface area contributed by atoms with Gasteiger partial charge in [0.05, 0.1) is 7.11 Å². The molecule has 1 amide bonds. The van der Waals surface area contributed by atoms with Gasteiger partial charge in [-0.1, -0.05) is 12.5 Å². The van der Waals surface area contributed by atoms with E-state index in [-0.39, 0.29) is 17.9 Å². The first-order chi connectivity index (χ1) is 8.67. The van der Waals surface area contributed by atoms with Crippen LogP contribution in [0.25, 0.3) is 0 Å². The number of rotatable bonds is 3. The number of hydrogen-bond acceptors (Lipinski definition) is 4. The van der Waals surface area contributed by atoms with E-state index in [9.17, 15) is 9.59 Å². The molecule has 0 fully saturated rings. The number of nitrogens with one attached hydrogen (secondary N) is 1. The molecule has 0 aliphatic heterocycles. The van der Waals surface area contributed by atoms with Gasteiger partial charge in [-0.25, -0.2) is 4.79 Å². The van der Waals surface area contributed by atoms with Gasteiger partial charge in [-0.15, -0.1) is 0 Å². The highest BCUT2D eigenvalue weighted by Gasteiger charge is 2.26. The van der Waals surface area contributed by atoms with Crippen LogP contribution >= 0.6 is 0 Å². The van der Waals surface area contributed by atoms with Crippen molar-refractivity contribution in [3.05, 3.63) is 12.2 Å². The molecule has 1 aliphatic rings. The average Bonchev–Trinajstić information content (AvgIpc) is 2.36. The maximum Gasteiger partial charge on any atom is 0.508 e. The summed E-state index contributed by atoms with van der Waals surface area (Å²) >= 11 is 0. The van der Waals surface area contributed by atoms with Gasteiger partial charge in [0, 0.05) is 19.4 Å². The molecule has 2 unspecified atom stereocenters. The van der Waals surface area contributed by atoms with Gasteiger partial charge in [-0.3, -0.25) is 4.79 Å². The summed E-state index contributed by atoms with van der Waals surface area (Å²) in [5.74, 6) is -0.0203. The second-order valence-electron chi connectivity index (χ2n) is 4.39. The third kappa shape index (κ3) is 4.77. The Labute approximate surface area is 108 Å². The van der Waals surface area contributed by atoms with Gasteiger partial charge in [0.1, 0.15) is 6.10 Å². The number of methoxy groups -OCH3 is 1. The molecule has 1 aliphatic carbocycles. The van der Waals surface area contributed by atoms with Gasteiger partial charge in [0.2, 0.25) is 5.91 Å². The van der Waals surface area contributed by atoms with Crippen LogP contribution in [-0.4, -0.2) is 32.3 Å². The molecule has 0 aromatic heterocycles. The number of carbonyl (C=O) groups is 2. The predicted octanol–water partition coefficient (Wildman–Crippen LogP) is 2.02. The first-order valence-corrected chi connectivity index (χ1v) is 6.29. The molecule has 102 valence electrons. The molecule has 0 saturated heterocycles. The first-order valence-electron chi connectivity index (χ1n) is 6.29. The van der Waals surface area contributed by atoms with Crippen LogP contribution in [0.15, 0.2) is 12.2 Å². The minimum absolute atomic E-state index is 0.0144. The second-order valence-corrected chi connectivity index (χ2v) is 4.39. The molecule has 0 aromatic carbocycles. The van der Waals surface area contributed by atoms with E-state index in [1.54, 1.807) is 7.05 Å². The van der Waals surface area contributed by atoms with Crippen LogP contribution in [-0.2, 0) is 14.3 Å². The lowest BCUT2D eigenvalue weighted by Crippen LogP contribution is -2.31. The standard InChI is InChI=1S/C13H21NO4/c1-14-12(15)9-10-7-5-3-4-6-8-11(10)18-13(16)17-2/h6,8,10-11H,3-5,7,9H2,1-2H3,(H,14,15)/b8-6+. The Hall–Kier alpha value is -1.52. The number of ether oxygens (including phenoxy) is 2. The van der Waals surface area contributed by atoms with Crippen molar-refractivity contribution in [2.45, 2.75) is 38.2 Å². The fraction of sp³-hybridized carbons (Fsp3) is 0.692.